The minimum atomic E-state index is -0.714. The first kappa shape index (κ1) is 30.1. The third kappa shape index (κ3) is 5.58. The van der Waals surface area contributed by atoms with Gasteiger partial charge in [0.05, 0.1) is 35.8 Å². The average Bonchev–Trinajstić information content (AvgIpc) is 3.78. The molecule has 4 aromatic carbocycles. The number of ketones is 1. The summed E-state index contributed by atoms with van der Waals surface area (Å²) in [6.45, 7) is -0.499. The van der Waals surface area contributed by atoms with Crippen molar-refractivity contribution in [3.63, 3.8) is 0 Å². The molecule has 5 atom stereocenters. The minimum Gasteiger partial charge on any atom is -0.497 e. The molecule has 2 saturated carbocycles. The van der Waals surface area contributed by atoms with Crippen LogP contribution in [0, 0.1) is 23.7 Å². The number of amides is 2. The maximum absolute atomic E-state index is 13.6. The molecule has 2 amide bonds. The van der Waals surface area contributed by atoms with Crippen molar-refractivity contribution in [1.29, 1.82) is 0 Å². The lowest BCUT2D eigenvalue weighted by molar-refractivity contribution is -0.123. The van der Waals surface area contributed by atoms with Crippen LogP contribution in [0.2, 0.25) is 0 Å². The quantitative estimate of drug-likeness (QED) is 0.0975. The molecule has 3 aliphatic rings. The van der Waals surface area contributed by atoms with Crippen LogP contribution in [0.4, 0.5) is 5.69 Å². The highest BCUT2D eigenvalue weighted by Gasteiger charge is 2.64. The zero-order valence-corrected chi connectivity index (χ0v) is 25.5. The lowest BCUT2D eigenvalue weighted by atomic mass is 9.73. The fraction of sp³-hybridized carbons (Fsp3) is 0.237. The van der Waals surface area contributed by atoms with E-state index in [1.54, 1.807) is 36.4 Å². The molecule has 9 heteroatoms. The number of carbonyl (C=O) groups is 5. The van der Waals surface area contributed by atoms with Gasteiger partial charge in [0.1, 0.15) is 11.5 Å². The van der Waals surface area contributed by atoms with Crippen LogP contribution >= 0.6 is 0 Å². The molecule has 0 spiro atoms. The third-order valence-corrected chi connectivity index (χ3v) is 9.63. The van der Waals surface area contributed by atoms with E-state index in [9.17, 15) is 24.0 Å². The van der Waals surface area contributed by atoms with E-state index >= 15 is 0 Å². The zero-order valence-electron chi connectivity index (χ0n) is 25.5. The second-order valence-corrected chi connectivity index (χ2v) is 12.2. The van der Waals surface area contributed by atoms with Crippen molar-refractivity contribution in [3.8, 4) is 11.5 Å². The molecule has 0 radical (unpaired) electrons. The van der Waals surface area contributed by atoms with Gasteiger partial charge < -0.3 is 14.2 Å². The second-order valence-electron chi connectivity index (χ2n) is 12.2. The number of anilines is 1. The molecule has 1 aliphatic heterocycles. The largest absolute Gasteiger partial charge is 0.497 e. The first-order valence-corrected chi connectivity index (χ1v) is 15.5. The Morgan fingerprint density at radius 2 is 1.40 bits per heavy atom. The van der Waals surface area contributed by atoms with Gasteiger partial charge in [-0.05, 0) is 103 Å². The smallest absolute Gasteiger partial charge is 0.343 e. The molecule has 236 valence electrons. The number of rotatable bonds is 9. The number of nitrogens with zero attached hydrogens (tertiary/aromatic N) is 1. The lowest BCUT2D eigenvalue weighted by Gasteiger charge is -2.28. The Kier molecular flexibility index (Phi) is 7.89. The summed E-state index contributed by atoms with van der Waals surface area (Å²) in [7, 11) is 1.50. The van der Waals surface area contributed by atoms with Gasteiger partial charge in [0.2, 0.25) is 11.8 Å². The van der Waals surface area contributed by atoms with E-state index in [-0.39, 0.29) is 58.3 Å². The fourth-order valence-corrected chi connectivity index (χ4v) is 7.47. The van der Waals surface area contributed by atoms with E-state index < -0.39 is 24.3 Å². The summed E-state index contributed by atoms with van der Waals surface area (Å²) >= 11 is 0. The van der Waals surface area contributed by atoms with Gasteiger partial charge in [-0.25, -0.2) is 9.59 Å². The molecule has 47 heavy (non-hydrogen) atoms. The zero-order chi connectivity index (χ0) is 32.7. The van der Waals surface area contributed by atoms with Gasteiger partial charge in [0.15, 0.2) is 12.4 Å². The van der Waals surface area contributed by atoms with E-state index in [0.717, 1.165) is 12.8 Å². The molecular weight excluding hydrogens is 598 g/mol. The summed E-state index contributed by atoms with van der Waals surface area (Å²) in [5, 5.41) is 0. The van der Waals surface area contributed by atoms with E-state index in [1.165, 1.54) is 54.0 Å². The minimum absolute atomic E-state index is 0.144. The van der Waals surface area contributed by atoms with Gasteiger partial charge in [-0.15, -0.1) is 0 Å². The van der Waals surface area contributed by atoms with E-state index in [4.69, 9.17) is 14.2 Å². The fourth-order valence-electron chi connectivity index (χ4n) is 7.47. The van der Waals surface area contributed by atoms with Gasteiger partial charge in [-0.2, -0.15) is 0 Å². The third-order valence-electron chi connectivity index (χ3n) is 9.63. The van der Waals surface area contributed by atoms with Crippen LogP contribution < -0.4 is 14.4 Å². The summed E-state index contributed by atoms with van der Waals surface area (Å²) in [5.74, 6) is -1.31. The first-order chi connectivity index (χ1) is 22.8. The topological polar surface area (TPSA) is 116 Å². The highest BCUT2D eigenvalue weighted by Crippen LogP contribution is 2.61. The summed E-state index contributed by atoms with van der Waals surface area (Å²) in [6, 6.07) is 28.8. The van der Waals surface area contributed by atoms with Gasteiger partial charge in [0.25, 0.3) is 0 Å². The number of methoxy groups -OCH3 is 1. The van der Waals surface area contributed by atoms with Crippen molar-refractivity contribution in [2.75, 3.05) is 18.6 Å². The molecule has 1 heterocycles. The molecule has 0 aromatic heterocycles. The second kappa shape index (κ2) is 12.3. The standard InChI is InChI=1S/C38H31NO8/c1-45-29-9-5-8-25(18-29)38(44)47-28-16-12-23(13-17-28)32(40)21-46-37(43)24-10-14-27(15-11-24)39-35(41)33-26-19-30(22-6-3-2-4-7-22)31(20-26)34(33)36(39)42/h2-18,26,30-31,33-34H,19-21H2,1H3/t26-,30-,31-,33-,34+/m1/s1. The van der Waals surface area contributed by atoms with E-state index in [2.05, 4.69) is 12.1 Å². The summed E-state index contributed by atoms with van der Waals surface area (Å²) < 4.78 is 15.7. The molecule has 3 fully saturated rings. The van der Waals surface area contributed by atoms with Crippen LogP contribution in [0.3, 0.4) is 0 Å². The number of carbonyl (C=O) groups excluding carboxylic acids is 5. The molecule has 0 N–H and O–H groups in total. The Hall–Kier alpha value is -5.57. The Balaban J connectivity index is 0.943. The van der Waals surface area contributed by atoms with Crippen molar-refractivity contribution in [2.24, 2.45) is 23.7 Å². The monoisotopic (exact) mass is 629 g/mol. The summed E-state index contributed by atoms with van der Waals surface area (Å²) in [5.41, 5.74) is 2.42. The lowest BCUT2D eigenvalue weighted by Crippen LogP contribution is -2.33. The maximum Gasteiger partial charge on any atom is 0.343 e. The van der Waals surface area contributed by atoms with Crippen molar-refractivity contribution in [3.05, 3.63) is 125 Å². The normalized spacial score (nSPS) is 22.6. The highest BCUT2D eigenvalue weighted by atomic mass is 16.5. The number of benzene rings is 4. The Labute approximate surface area is 271 Å². The van der Waals surface area contributed by atoms with Gasteiger partial charge in [-0.3, -0.25) is 19.3 Å². The number of ether oxygens (including phenoxy) is 3. The summed E-state index contributed by atoms with van der Waals surface area (Å²) in [6.07, 6.45) is 1.81. The predicted octanol–water partition coefficient (Wildman–Crippen LogP) is 5.88. The Morgan fingerprint density at radius 3 is 2.13 bits per heavy atom. The highest BCUT2D eigenvalue weighted by molar-refractivity contribution is 6.22. The molecule has 1 saturated heterocycles. The molecule has 7 rings (SSSR count). The molecule has 2 bridgehead atoms. The van der Waals surface area contributed by atoms with E-state index in [1.807, 2.05) is 18.2 Å². The van der Waals surface area contributed by atoms with E-state index in [0.29, 0.717) is 17.0 Å². The van der Waals surface area contributed by atoms with Crippen LogP contribution in [0.5, 0.6) is 11.5 Å². The van der Waals surface area contributed by atoms with Crippen LogP contribution in [0.1, 0.15) is 55.4 Å². The number of fused-ring (bicyclic) bond motifs is 5. The summed E-state index contributed by atoms with van der Waals surface area (Å²) in [4.78, 5) is 66.2. The first-order valence-electron chi connectivity index (χ1n) is 15.5. The Morgan fingerprint density at radius 1 is 0.702 bits per heavy atom. The maximum atomic E-state index is 13.6. The number of hydrogen-bond donors (Lipinski definition) is 0. The number of hydrogen-bond acceptors (Lipinski definition) is 8. The number of imide groups is 1. The van der Waals surface area contributed by atoms with Gasteiger partial charge >= 0.3 is 11.9 Å². The van der Waals surface area contributed by atoms with Crippen LogP contribution in [-0.2, 0) is 14.3 Å². The SMILES string of the molecule is COc1cccc(C(=O)Oc2ccc(C(=O)COC(=O)c3ccc(N4C(=O)[C@@H]5[C@H]6C[C@@H]([C@@H]5C4=O)[C@@H](c4ccccc4)C6)cc3)cc2)c1. The predicted molar refractivity (Wildman–Crippen MR) is 170 cm³/mol. The molecule has 2 aliphatic carbocycles. The van der Waals surface area contributed by atoms with Crippen molar-refractivity contribution in [2.45, 2.75) is 18.8 Å². The van der Waals surface area contributed by atoms with Crippen molar-refractivity contribution >= 4 is 35.2 Å². The van der Waals surface area contributed by atoms with Gasteiger partial charge in [0, 0.05) is 5.56 Å². The average molecular weight is 630 g/mol. The number of esters is 2. The Bertz CT molecular complexity index is 1870. The van der Waals surface area contributed by atoms with Gasteiger partial charge in [-0.1, -0.05) is 36.4 Å². The molecule has 0 unspecified atom stereocenters. The molecule has 4 aromatic rings. The van der Waals surface area contributed by atoms with Crippen molar-refractivity contribution in [1.82, 2.24) is 0 Å². The van der Waals surface area contributed by atoms with Crippen LogP contribution in [0.25, 0.3) is 0 Å². The number of Topliss-reactive ketones (excluding diaryl/α,β-unsaturated/α-hetero) is 1. The molecular formula is C38H31NO8. The van der Waals surface area contributed by atoms with Crippen LogP contribution in [0.15, 0.2) is 103 Å². The molecule has 9 nitrogen and oxygen atoms in total. The van der Waals surface area contributed by atoms with Crippen molar-refractivity contribution < 1.29 is 38.2 Å². The van der Waals surface area contributed by atoms with Crippen LogP contribution in [-0.4, -0.2) is 43.3 Å².